The molecule has 6 aromatic rings. The van der Waals surface area contributed by atoms with Crippen LogP contribution in [0.5, 0.6) is 0 Å². The number of hydrogen-bond acceptors (Lipinski definition) is 18. The molecule has 4 aliphatic rings. The Hall–Kier alpha value is -6.28. The number of halogens is 24. The first-order valence-electron chi connectivity index (χ1n) is 35.3. The molecular formula is C74H76Cl2F22K2N11O12+. The van der Waals surface area contributed by atoms with Gasteiger partial charge in [-0.2, -0.15) is 94.3 Å². The van der Waals surface area contributed by atoms with Gasteiger partial charge in [-0.15, -0.1) is 24.0 Å². The molecule has 0 spiro atoms. The second-order valence-electron chi connectivity index (χ2n) is 25.9. The summed E-state index contributed by atoms with van der Waals surface area (Å²) in [7, 11) is 0. The van der Waals surface area contributed by atoms with E-state index in [4.69, 9.17) is 52.9 Å². The third-order valence-corrected chi connectivity index (χ3v) is 17.2. The summed E-state index contributed by atoms with van der Waals surface area (Å²) >= 11 is 5.23. The number of carbonyl (C=O) groups is 4. The van der Waals surface area contributed by atoms with Crippen LogP contribution in [0, 0.1) is 24.3 Å². The number of ether oxygens (including phenoxy) is 6. The van der Waals surface area contributed by atoms with Crippen molar-refractivity contribution in [2.24, 2.45) is 26.8 Å². The molecule has 9 atom stereocenters. The molecule has 0 aliphatic carbocycles. The monoisotopic (exact) mass is 1880 g/mol. The molecule has 3 saturated heterocycles. The van der Waals surface area contributed by atoms with Gasteiger partial charge in [-0.05, 0) is 152 Å². The summed E-state index contributed by atoms with van der Waals surface area (Å²) in [4.78, 5) is 52.3. The number of amidine groups is 2. The van der Waals surface area contributed by atoms with Crippen molar-refractivity contribution in [2.45, 2.75) is 133 Å². The van der Waals surface area contributed by atoms with Crippen molar-refractivity contribution in [3.05, 3.63) is 218 Å². The van der Waals surface area contributed by atoms with Crippen molar-refractivity contribution in [2.75, 3.05) is 58.4 Å². The summed E-state index contributed by atoms with van der Waals surface area (Å²) in [5.41, 5.74) is 10.2. The standard InChI is InChI=1S/C24H25F7N4O3.C24H22F7N3O3.C20H18F7NO2.C4H8ClN3O.C2H2FO3.ClH.2K/c1-13(16-9-17(23(26,27)28)11-18(10-16)24(29,30)31)38-22-21(15-3-5-19(25)6-4-15)35(7-8-37-22)12-20(32)34-33-14(2)36;1-13(15-8-16(23(26,27)28)10-17(9-15)24(29,30)31)37-22-21(14-2-4-18(25)5-3-14)34(6-7-36-22)12-19-11-20(35)33-32-19;1-11(13-8-14(19(22,23)24)10-15(9-13)20(25,26)27)30-18-17(28-6-7-29-18)12-2-4-16(21)5-3-12;1-3(9)7-8-4(6)2-5;3-1-5-6-2-4;;;/h3-6,9-11,13,21-22H,7-8,12H2,1-2H3,(H2,32,34)(H,33,36);2-5,8-10,13,21-22H,6-7,11-12H2,1H3,(H,33,35);2-5,8-11,17-18,28H,6-7H2,1H3;2H2,1H3,(H2,6,8)(H,7,9);1-2H;1H;;/q;;;;-1;;2*+1/t2*13-,21+,22-;11-,17?,18-;;;;;/m111...../s1/i;;;;2D;;;. The summed E-state index contributed by atoms with van der Waals surface area (Å²) < 4.78 is 330. The largest absolute Gasteiger partial charge is 1.00 e. The molecule has 6 aromatic carbocycles. The number of hydrazone groups is 3. The second kappa shape index (κ2) is 50.5. The Labute approximate surface area is 784 Å². The molecule has 0 saturated carbocycles. The van der Waals surface area contributed by atoms with Crippen LogP contribution in [0.25, 0.3) is 0 Å². The fraction of sp³-hybridized carbons (Fsp3) is 0.405. The van der Waals surface area contributed by atoms with E-state index in [1.54, 1.807) is 4.90 Å². The van der Waals surface area contributed by atoms with Gasteiger partial charge in [-0.25, -0.2) is 29.4 Å². The molecule has 3 amide bonds. The zero-order chi connectivity index (χ0) is 90.3. The molecular weight excluding hydrogens is 1800 g/mol. The van der Waals surface area contributed by atoms with Crippen LogP contribution < -0.4 is 136 Å². The third kappa shape index (κ3) is 36.4. The molecule has 23 nitrogen and oxygen atoms in total. The van der Waals surface area contributed by atoms with Crippen LogP contribution in [0.15, 0.2) is 143 Å². The minimum absolute atomic E-state index is 0. The normalized spacial score (nSPS) is 19.4. The number of nitrogens with one attached hydrogen (secondary N) is 4. The Bertz CT molecular complexity index is 4420. The van der Waals surface area contributed by atoms with Gasteiger partial charge in [0, 0.05) is 40.0 Å². The molecule has 4 aliphatic heterocycles. The zero-order valence-electron chi connectivity index (χ0n) is 66.4. The van der Waals surface area contributed by atoms with E-state index in [1.165, 1.54) is 107 Å². The van der Waals surface area contributed by atoms with Gasteiger partial charge in [0.25, 0.3) is 0 Å². The quantitative estimate of drug-likeness (QED) is 0.00450. The SMILES string of the molecule is CC(=O)N/N=C(\N)CCl.CC(=O)N/N=C(\N)CN1CCO[C@H](O[C@H](C)c2cc(C(F)(F)F)cc(C(F)(F)F)c2)[C@@H]1c1ccc(F)cc1.C[C@@H](O[C@H]1OCCN(CC2=NNC(=O)C2)[C@H]1c1ccc(F)cc1)c1cc(C(F)(F)F)cc(C(F)(F)F)c1.C[C@@H](O[C@H]1OCCNC1c1ccc(F)cc1)c1cc(C(F)(F)F)cc(C(F)(F)F)c1.Cl.[2H]C(=O)OO[CH-]F.[K+].[K+]. The minimum Gasteiger partial charge on any atom is -0.426 e. The average Bonchev–Trinajstić information content (AvgIpc) is 0.825. The predicted molar refractivity (Wildman–Crippen MR) is 388 cm³/mol. The van der Waals surface area contributed by atoms with Crippen molar-refractivity contribution in [1.82, 2.24) is 31.4 Å². The maximum absolute atomic E-state index is 13.6. The summed E-state index contributed by atoms with van der Waals surface area (Å²) in [6.07, 6.45) is -38.3. The number of morpholine rings is 3. The van der Waals surface area contributed by atoms with E-state index < -0.39 is 156 Å². The molecule has 0 bridgehead atoms. The van der Waals surface area contributed by atoms with E-state index >= 15 is 0 Å². The molecule has 1 unspecified atom stereocenters. The molecule has 49 heteroatoms. The molecule has 10 rings (SSSR count). The predicted octanol–water partition coefficient (Wildman–Crippen LogP) is 9.84. The van der Waals surface area contributed by atoms with E-state index in [2.05, 4.69) is 46.7 Å². The van der Waals surface area contributed by atoms with Crippen LogP contribution in [0.3, 0.4) is 0 Å². The fourth-order valence-corrected chi connectivity index (χ4v) is 11.5. The van der Waals surface area contributed by atoms with Crippen molar-refractivity contribution >= 4 is 65.6 Å². The summed E-state index contributed by atoms with van der Waals surface area (Å²) in [5, 5.41) is 14.2. The topological polar surface area (TPSA) is 286 Å². The maximum Gasteiger partial charge on any atom is 1.00 e. The molecule has 4 heterocycles. The van der Waals surface area contributed by atoms with Gasteiger partial charge >= 0.3 is 146 Å². The molecule has 0 radical (unpaired) electrons. The number of benzene rings is 6. The summed E-state index contributed by atoms with van der Waals surface area (Å²) in [6.45, 7) is 7.88. The first-order valence-corrected chi connectivity index (χ1v) is 35.4. The first-order chi connectivity index (χ1) is 56.3. The van der Waals surface area contributed by atoms with Gasteiger partial charge in [-0.1, -0.05) is 36.4 Å². The summed E-state index contributed by atoms with van der Waals surface area (Å²) in [5.74, 6) is -2.16. The van der Waals surface area contributed by atoms with Gasteiger partial charge in [0.2, 0.25) is 17.7 Å². The van der Waals surface area contributed by atoms with E-state index in [1.807, 2.05) is 4.90 Å². The van der Waals surface area contributed by atoms with Crippen LogP contribution in [0.4, 0.5) is 96.6 Å². The van der Waals surface area contributed by atoms with E-state index in [0.29, 0.717) is 71.9 Å². The number of amides is 3. The number of alkyl halides is 19. The number of nitrogens with zero attached hydrogens (tertiary/aromatic N) is 5. The Morgan fingerprint density at radius 1 is 0.569 bits per heavy atom. The number of rotatable bonds is 21. The van der Waals surface area contributed by atoms with E-state index in [-0.39, 0.29) is 232 Å². The summed E-state index contributed by atoms with van der Waals surface area (Å²) in [6, 6.07) is 17.8. The molecule has 3 fully saturated rings. The van der Waals surface area contributed by atoms with Crippen LogP contribution in [0.1, 0.15) is 146 Å². The van der Waals surface area contributed by atoms with Crippen molar-refractivity contribution < 1.29 is 258 Å². The van der Waals surface area contributed by atoms with E-state index in [9.17, 15) is 116 Å². The van der Waals surface area contributed by atoms with Gasteiger partial charge in [0.1, 0.15) is 29.1 Å². The second-order valence-corrected chi connectivity index (χ2v) is 26.2. The zero-order valence-corrected chi connectivity index (χ0v) is 73.2. The number of hydrogen-bond donors (Lipinski definition) is 6. The van der Waals surface area contributed by atoms with Gasteiger partial charge in [0.05, 0.1) is 114 Å². The first kappa shape index (κ1) is 109. The van der Waals surface area contributed by atoms with Crippen LogP contribution in [-0.2, 0) is 94.4 Å². The Morgan fingerprint density at radius 2 is 0.902 bits per heavy atom. The minimum atomic E-state index is -5.02. The van der Waals surface area contributed by atoms with Gasteiger partial charge in [-0.3, -0.25) is 29.0 Å². The van der Waals surface area contributed by atoms with Gasteiger partial charge < -0.3 is 59.4 Å². The third-order valence-electron chi connectivity index (χ3n) is 17.0. The van der Waals surface area contributed by atoms with E-state index in [0.717, 1.165) is 0 Å². The molecule has 123 heavy (non-hydrogen) atoms. The Kier molecular flexibility index (Phi) is 44.7. The number of nitrogens with two attached hydrogens (primary N) is 2. The van der Waals surface area contributed by atoms with Crippen LogP contribution >= 0.6 is 24.0 Å². The van der Waals surface area contributed by atoms with Crippen molar-refractivity contribution in [3.8, 4) is 0 Å². The number of carbonyl (C=O) groups excluding carboxylic acids is 4. The van der Waals surface area contributed by atoms with Crippen molar-refractivity contribution in [1.29, 1.82) is 0 Å². The fourth-order valence-electron chi connectivity index (χ4n) is 11.5. The molecule has 0 aromatic heterocycles. The smallest absolute Gasteiger partial charge is 0.426 e. The molecule has 668 valence electrons. The maximum atomic E-state index is 13.6. The Morgan fingerprint density at radius 3 is 1.22 bits per heavy atom. The van der Waals surface area contributed by atoms with Crippen LogP contribution in [0.2, 0.25) is 0 Å². The van der Waals surface area contributed by atoms with Gasteiger partial charge in [0.15, 0.2) is 20.2 Å². The Balaban J connectivity index is 0.000000437. The average molecular weight is 1880 g/mol. The van der Waals surface area contributed by atoms with Crippen molar-refractivity contribution in [3.63, 3.8) is 0 Å². The molecule has 8 N–H and O–H groups in total. The van der Waals surface area contributed by atoms with Crippen LogP contribution in [-0.4, -0.2) is 129 Å².